The van der Waals surface area contributed by atoms with Crippen molar-refractivity contribution in [2.45, 2.75) is 151 Å². The Hall–Kier alpha value is -4.47. The molecule has 7 unspecified atom stereocenters. The van der Waals surface area contributed by atoms with Crippen LogP contribution in [0.5, 0.6) is 11.6 Å². The first-order valence-electron chi connectivity index (χ1n) is 21.4. The fourth-order valence-corrected chi connectivity index (χ4v) is 10.9. The zero-order valence-corrected chi connectivity index (χ0v) is 34.1. The van der Waals surface area contributed by atoms with E-state index in [1.165, 1.54) is 4.90 Å². The Bertz CT molecular complexity index is 2040. The number of nitrogens with zero attached hydrogens (tertiary/aromatic N) is 3. The van der Waals surface area contributed by atoms with Crippen LogP contribution in [0.4, 0.5) is 4.79 Å². The van der Waals surface area contributed by atoms with E-state index in [2.05, 4.69) is 15.4 Å². The largest absolute Gasteiger partial charge is 0.497 e. The summed E-state index contributed by atoms with van der Waals surface area (Å²) >= 11 is 0. The van der Waals surface area contributed by atoms with E-state index < -0.39 is 68.7 Å². The molecule has 3 aliphatic heterocycles. The van der Waals surface area contributed by atoms with Gasteiger partial charge in [0.25, 0.3) is 5.91 Å². The van der Waals surface area contributed by atoms with Gasteiger partial charge in [-0.1, -0.05) is 37.8 Å². The van der Waals surface area contributed by atoms with Crippen LogP contribution >= 0.6 is 0 Å². The molecule has 1 saturated heterocycles. The minimum Gasteiger partial charge on any atom is -0.497 e. The smallest absolute Gasteiger partial charge is 0.408 e. The molecule has 15 nitrogen and oxygen atoms in total. The number of carbonyl (C=O) groups is 4. The standard InChI is InChI=1S/C42H56N6O9S/c1-55-28-17-20-31-34(23-28)44-38-32(43-31)14-9-5-6-11-26-12-10-16-36(26)57-41(52)45-33-15-8-4-2-3-7-13-27-21-22-42(27,40(51)47-58(53,54)30-18-19-30)46-37(49)35-24-29(56-38)25-48(35)39(33)50/h7,13,17,20,23,26-27,29-30,33,35-36H,2-6,8-12,14-16,18-19,21-22,24-25H2,1H3,(H,45,52)(H,46,49)(H,47,51). The lowest BCUT2D eigenvalue weighted by Gasteiger charge is -2.47. The van der Waals surface area contributed by atoms with Gasteiger partial charge in [0, 0.05) is 18.4 Å². The maximum absolute atomic E-state index is 14.8. The Morgan fingerprint density at radius 3 is 2.53 bits per heavy atom. The first-order valence-corrected chi connectivity index (χ1v) is 22.9. The minimum absolute atomic E-state index is 0.00466. The third-order valence-electron chi connectivity index (χ3n) is 13.1. The molecule has 16 heteroatoms. The highest BCUT2D eigenvalue weighted by Crippen LogP contribution is 2.42. The van der Waals surface area contributed by atoms with Crippen LogP contribution in [0.2, 0.25) is 0 Å². The second-order valence-corrected chi connectivity index (χ2v) is 19.1. The lowest BCUT2D eigenvalue weighted by molar-refractivity contribution is -0.144. The van der Waals surface area contributed by atoms with Gasteiger partial charge < -0.3 is 29.7 Å². The van der Waals surface area contributed by atoms with E-state index in [4.69, 9.17) is 24.2 Å². The van der Waals surface area contributed by atoms with Crippen molar-refractivity contribution >= 4 is 44.9 Å². The first-order chi connectivity index (χ1) is 28.0. The number of fused-ring (bicyclic) bond motifs is 6. The van der Waals surface area contributed by atoms with Gasteiger partial charge in [-0.3, -0.25) is 19.1 Å². The van der Waals surface area contributed by atoms with Gasteiger partial charge in [0.1, 0.15) is 41.3 Å². The topological polar surface area (TPSA) is 195 Å². The molecule has 4 heterocycles. The zero-order chi connectivity index (χ0) is 40.4. The third kappa shape index (κ3) is 8.62. The minimum atomic E-state index is -3.91. The molecule has 3 saturated carbocycles. The molecule has 8 rings (SSSR count). The average molecular weight is 821 g/mol. The summed E-state index contributed by atoms with van der Waals surface area (Å²) in [6, 6.07) is 3.42. The highest BCUT2D eigenvalue weighted by Gasteiger charge is 2.56. The molecule has 4 fully saturated rings. The number of alkyl carbamates (subject to hydrolysis) is 1. The lowest BCUT2D eigenvalue weighted by atomic mass is 9.65. The molecule has 2 aromatic rings. The van der Waals surface area contributed by atoms with Gasteiger partial charge >= 0.3 is 6.09 Å². The molecule has 58 heavy (non-hydrogen) atoms. The summed E-state index contributed by atoms with van der Waals surface area (Å²) < 4.78 is 46.5. The second kappa shape index (κ2) is 17.0. The molecule has 3 aliphatic carbocycles. The van der Waals surface area contributed by atoms with E-state index in [-0.39, 0.29) is 31.4 Å². The number of nitrogens with one attached hydrogen (secondary N) is 3. The summed E-state index contributed by atoms with van der Waals surface area (Å²) in [5.41, 5.74) is 0.433. The molecular weight excluding hydrogens is 765 g/mol. The molecule has 0 spiro atoms. The van der Waals surface area contributed by atoms with E-state index in [1.54, 1.807) is 13.2 Å². The molecule has 7 atom stereocenters. The summed E-state index contributed by atoms with van der Waals surface area (Å²) in [6.07, 6.45) is 14.5. The highest BCUT2D eigenvalue weighted by atomic mass is 32.2. The van der Waals surface area contributed by atoms with Gasteiger partial charge in [0.2, 0.25) is 27.7 Å². The lowest BCUT2D eigenvalue weighted by Crippen LogP contribution is -2.70. The second-order valence-electron chi connectivity index (χ2n) is 17.1. The summed E-state index contributed by atoms with van der Waals surface area (Å²) in [6.45, 7) is 0.00466. The van der Waals surface area contributed by atoms with Crippen LogP contribution in [0.1, 0.15) is 115 Å². The number of sulfonamides is 1. The van der Waals surface area contributed by atoms with Crippen LogP contribution in [0, 0.1) is 11.8 Å². The molecule has 6 aliphatic rings. The van der Waals surface area contributed by atoms with E-state index in [0.29, 0.717) is 73.3 Å². The normalized spacial score (nSPS) is 31.3. The molecule has 0 radical (unpaired) electrons. The number of hydrogen-bond acceptors (Lipinski definition) is 11. The molecule has 1 aromatic heterocycles. The molecule has 3 bridgehead atoms. The maximum atomic E-state index is 14.8. The Morgan fingerprint density at radius 1 is 0.931 bits per heavy atom. The summed E-state index contributed by atoms with van der Waals surface area (Å²) in [4.78, 5) is 68.4. The predicted octanol–water partition coefficient (Wildman–Crippen LogP) is 4.76. The van der Waals surface area contributed by atoms with Crippen molar-refractivity contribution in [3.63, 3.8) is 0 Å². The third-order valence-corrected chi connectivity index (χ3v) is 14.9. The molecule has 1 aromatic carbocycles. The van der Waals surface area contributed by atoms with E-state index in [9.17, 15) is 27.6 Å². The maximum Gasteiger partial charge on any atom is 0.408 e. The monoisotopic (exact) mass is 820 g/mol. The van der Waals surface area contributed by atoms with Gasteiger partial charge in [-0.25, -0.2) is 23.2 Å². The van der Waals surface area contributed by atoms with Crippen molar-refractivity contribution in [1.29, 1.82) is 0 Å². The number of aryl methyl sites for hydroxylation is 1. The number of benzene rings is 1. The quantitative estimate of drug-likeness (QED) is 0.360. The number of carbonyl (C=O) groups excluding carboxylic acids is 4. The van der Waals surface area contributed by atoms with Crippen LogP contribution < -0.4 is 24.8 Å². The summed E-state index contributed by atoms with van der Waals surface area (Å²) in [5, 5.41) is 5.25. The Kier molecular flexibility index (Phi) is 11.8. The number of hydrogen-bond donors (Lipinski definition) is 3. The van der Waals surface area contributed by atoms with E-state index >= 15 is 0 Å². The summed E-state index contributed by atoms with van der Waals surface area (Å²) in [5.74, 6) is -1.07. The number of methoxy groups -OCH3 is 1. The number of amides is 4. The average Bonchev–Trinajstić information content (AvgIpc) is 3.85. The SMILES string of the molecule is COc1ccc2nc3c(nc2c1)OC1CC2C(=O)NC4(C(=O)NS(=O)(=O)C5CC5)CCC4C=CCCCCCC(NC(=O)OC4CCCC4CCCCC3)C(=O)N2C1. The van der Waals surface area contributed by atoms with Crippen molar-refractivity contribution < 1.29 is 41.8 Å². The van der Waals surface area contributed by atoms with E-state index in [1.807, 2.05) is 24.3 Å². The number of ether oxygens (including phenoxy) is 3. The van der Waals surface area contributed by atoms with E-state index in [0.717, 1.165) is 57.8 Å². The number of allylic oxidation sites excluding steroid dienone is 1. The van der Waals surface area contributed by atoms with Crippen LogP contribution in [0.25, 0.3) is 11.0 Å². The van der Waals surface area contributed by atoms with Crippen LogP contribution in [0.3, 0.4) is 0 Å². The Morgan fingerprint density at radius 2 is 1.74 bits per heavy atom. The first kappa shape index (κ1) is 40.3. The number of aromatic nitrogens is 2. The summed E-state index contributed by atoms with van der Waals surface area (Å²) in [7, 11) is -2.33. The van der Waals surface area contributed by atoms with Crippen molar-refractivity contribution in [1.82, 2.24) is 30.2 Å². The predicted molar refractivity (Wildman–Crippen MR) is 213 cm³/mol. The van der Waals surface area contributed by atoms with Crippen molar-refractivity contribution in [3.8, 4) is 11.6 Å². The Labute approximate surface area is 339 Å². The Balaban J connectivity index is 1.15. The zero-order valence-electron chi connectivity index (χ0n) is 33.3. The molecule has 314 valence electrons. The van der Waals surface area contributed by atoms with Gasteiger partial charge in [0.05, 0.1) is 29.9 Å². The highest BCUT2D eigenvalue weighted by molar-refractivity contribution is 7.91. The van der Waals surface area contributed by atoms with Crippen molar-refractivity contribution in [2.24, 2.45) is 11.8 Å². The van der Waals surface area contributed by atoms with Gasteiger partial charge in [-0.05, 0) is 102 Å². The van der Waals surface area contributed by atoms with Crippen LogP contribution in [-0.2, 0) is 35.6 Å². The molecule has 4 amide bonds. The van der Waals surface area contributed by atoms with Crippen LogP contribution in [-0.4, -0.2) is 95.8 Å². The van der Waals surface area contributed by atoms with Crippen molar-refractivity contribution in [2.75, 3.05) is 13.7 Å². The van der Waals surface area contributed by atoms with Crippen molar-refractivity contribution in [3.05, 3.63) is 36.0 Å². The fourth-order valence-electron chi connectivity index (χ4n) is 9.49. The van der Waals surface area contributed by atoms with Gasteiger partial charge in [-0.2, -0.15) is 0 Å². The van der Waals surface area contributed by atoms with Crippen LogP contribution in [0.15, 0.2) is 30.4 Å². The van der Waals surface area contributed by atoms with Gasteiger partial charge in [-0.15, -0.1) is 0 Å². The van der Waals surface area contributed by atoms with Gasteiger partial charge in [0.15, 0.2) is 0 Å². The molecule has 3 N–H and O–H groups in total. The fraction of sp³-hybridized carbons (Fsp3) is 0.667. The molecular formula is C42H56N6O9S. The number of rotatable bonds is 4.